The third-order valence-electron chi connectivity index (χ3n) is 4.32. The van der Waals surface area contributed by atoms with Crippen molar-refractivity contribution in [1.82, 2.24) is 9.97 Å². The number of aromatic nitrogens is 2. The normalized spacial score (nSPS) is 13.9. The number of carbonyl (C=O) groups is 1. The minimum atomic E-state index is -0.711. The molecule has 0 aliphatic carbocycles. The van der Waals surface area contributed by atoms with Crippen LogP contribution in [0.1, 0.15) is 23.2 Å². The number of nitrogens with one attached hydrogen (secondary N) is 1. The number of carbonyl (C=O) groups excluding carboxylic acids is 1. The number of amides is 1. The molecule has 1 aromatic carbocycles. The lowest BCUT2D eigenvalue weighted by molar-refractivity contribution is 0.102. The summed E-state index contributed by atoms with van der Waals surface area (Å²) in [6, 6.07) is 6.76. The van der Waals surface area contributed by atoms with E-state index in [0.717, 1.165) is 36.2 Å². The Balaban J connectivity index is 1.64. The zero-order valence-electron chi connectivity index (χ0n) is 14.0. The molecule has 0 radical (unpaired) electrons. The summed E-state index contributed by atoms with van der Waals surface area (Å²) in [6.45, 7) is 1.87. The molecular formula is C18H14Br2N4O3. The van der Waals surface area contributed by atoms with E-state index >= 15 is 0 Å². The molecule has 1 aliphatic rings. The Morgan fingerprint density at radius 2 is 1.89 bits per heavy atom. The van der Waals surface area contributed by atoms with E-state index in [0.29, 0.717) is 21.3 Å². The highest BCUT2D eigenvalue weighted by Gasteiger charge is 2.18. The van der Waals surface area contributed by atoms with Crippen molar-refractivity contribution in [3.63, 3.8) is 0 Å². The Hall–Kier alpha value is -2.26. The second-order valence-electron chi connectivity index (χ2n) is 6.16. The second-order valence-corrected chi connectivity index (χ2v) is 7.93. The van der Waals surface area contributed by atoms with Gasteiger partial charge >= 0.3 is 5.63 Å². The first-order valence-corrected chi connectivity index (χ1v) is 9.91. The summed E-state index contributed by atoms with van der Waals surface area (Å²) in [5.74, 6) is 0.524. The van der Waals surface area contributed by atoms with Crippen molar-refractivity contribution < 1.29 is 9.21 Å². The molecule has 1 saturated heterocycles. The minimum absolute atomic E-state index is 0.0890. The van der Waals surface area contributed by atoms with E-state index in [1.165, 1.54) is 12.4 Å². The van der Waals surface area contributed by atoms with Gasteiger partial charge in [-0.3, -0.25) is 4.79 Å². The first kappa shape index (κ1) is 18.1. The molecule has 27 heavy (non-hydrogen) atoms. The molecule has 3 heterocycles. The van der Waals surface area contributed by atoms with E-state index in [-0.39, 0.29) is 5.56 Å². The van der Waals surface area contributed by atoms with Gasteiger partial charge in [0.25, 0.3) is 5.91 Å². The van der Waals surface area contributed by atoms with E-state index in [1.807, 2.05) is 0 Å². The van der Waals surface area contributed by atoms with Crippen molar-refractivity contribution in [3.8, 4) is 0 Å². The molecule has 2 aromatic heterocycles. The van der Waals surface area contributed by atoms with Crippen LogP contribution in [0, 0.1) is 0 Å². The van der Waals surface area contributed by atoms with Crippen LogP contribution in [0.5, 0.6) is 0 Å². The van der Waals surface area contributed by atoms with E-state index in [9.17, 15) is 9.59 Å². The molecule has 3 aromatic rings. The van der Waals surface area contributed by atoms with Crippen molar-refractivity contribution in [1.29, 1.82) is 0 Å². The number of halogens is 2. The predicted octanol–water partition coefficient (Wildman–Crippen LogP) is 3.96. The van der Waals surface area contributed by atoms with Crippen molar-refractivity contribution in [2.24, 2.45) is 0 Å². The van der Waals surface area contributed by atoms with Crippen molar-refractivity contribution in [2.75, 3.05) is 23.3 Å². The van der Waals surface area contributed by atoms with Gasteiger partial charge in [-0.25, -0.2) is 14.8 Å². The Bertz CT molecular complexity index is 1090. The molecule has 0 spiro atoms. The number of rotatable bonds is 3. The van der Waals surface area contributed by atoms with Crippen LogP contribution in [0.25, 0.3) is 11.0 Å². The van der Waals surface area contributed by atoms with E-state index in [4.69, 9.17) is 4.42 Å². The van der Waals surface area contributed by atoms with Gasteiger partial charge in [-0.2, -0.15) is 0 Å². The number of hydrogen-bond donors (Lipinski definition) is 1. The number of nitrogens with zero attached hydrogens (tertiary/aromatic N) is 3. The minimum Gasteiger partial charge on any atom is -0.421 e. The third-order valence-corrected chi connectivity index (χ3v) is 5.37. The highest BCUT2D eigenvalue weighted by atomic mass is 79.9. The number of benzene rings is 1. The average Bonchev–Trinajstić information content (AvgIpc) is 3.17. The number of anilines is 2. The van der Waals surface area contributed by atoms with Gasteiger partial charge < -0.3 is 14.6 Å². The second kappa shape index (κ2) is 7.40. The summed E-state index contributed by atoms with van der Waals surface area (Å²) in [4.78, 5) is 35.4. The largest absolute Gasteiger partial charge is 0.421 e. The zero-order valence-corrected chi connectivity index (χ0v) is 17.2. The van der Waals surface area contributed by atoms with Gasteiger partial charge in [0, 0.05) is 29.0 Å². The Morgan fingerprint density at radius 1 is 1.11 bits per heavy atom. The van der Waals surface area contributed by atoms with E-state index in [2.05, 4.69) is 52.0 Å². The molecule has 9 heteroatoms. The first-order chi connectivity index (χ1) is 13.0. The molecule has 4 rings (SSSR count). The highest BCUT2D eigenvalue weighted by molar-refractivity contribution is 9.11. The van der Waals surface area contributed by atoms with Gasteiger partial charge in [-0.05, 0) is 47.0 Å². The summed E-state index contributed by atoms with van der Waals surface area (Å²) in [7, 11) is 0. The Kier molecular flexibility index (Phi) is 4.96. The van der Waals surface area contributed by atoms with E-state index < -0.39 is 11.5 Å². The standard InChI is InChI=1S/C18H14Br2N4O3/c19-11-5-10-6-12(18(26)27-16(10)13(20)7-11)17(25)23-14-8-15(22-9-21-14)24-3-1-2-4-24/h5-9H,1-4H2,(H,21,22,23,25). The number of hydrogen-bond acceptors (Lipinski definition) is 6. The Labute approximate surface area is 171 Å². The van der Waals surface area contributed by atoms with Crippen molar-refractivity contribution in [2.45, 2.75) is 12.8 Å². The number of fused-ring (bicyclic) bond motifs is 1. The molecule has 1 aliphatic heterocycles. The summed E-state index contributed by atoms with van der Waals surface area (Å²) < 4.78 is 6.74. The summed E-state index contributed by atoms with van der Waals surface area (Å²) in [6.07, 6.45) is 3.64. The smallest absolute Gasteiger partial charge is 0.349 e. The van der Waals surface area contributed by atoms with Crippen LogP contribution in [0.15, 0.2) is 48.7 Å². The van der Waals surface area contributed by atoms with Crippen LogP contribution in [0.2, 0.25) is 0 Å². The lowest BCUT2D eigenvalue weighted by atomic mass is 10.2. The van der Waals surface area contributed by atoms with Crippen LogP contribution in [-0.4, -0.2) is 29.0 Å². The molecule has 1 N–H and O–H groups in total. The zero-order chi connectivity index (χ0) is 19.0. The lowest BCUT2D eigenvalue weighted by Gasteiger charge is -2.16. The van der Waals surface area contributed by atoms with Crippen LogP contribution in [-0.2, 0) is 0 Å². The maximum absolute atomic E-state index is 12.6. The summed E-state index contributed by atoms with van der Waals surface area (Å²) in [5, 5.41) is 3.28. The topological polar surface area (TPSA) is 88.3 Å². The summed E-state index contributed by atoms with van der Waals surface area (Å²) in [5.41, 5.74) is -0.413. The van der Waals surface area contributed by atoms with Crippen LogP contribution >= 0.6 is 31.9 Å². The van der Waals surface area contributed by atoms with Crippen molar-refractivity contribution in [3.05, 3.63) is 55.5 Å². The lowest BCUT2D eigenvalue weighted by Crippen LogP contribution is -2.22. The van der Waals surface area contributed by atoms with Gasteiger partial charge in [0.1, 0.15) is 23.5 Å². The van der Waals surface area contributed by atoms with Crippen molar-refractivity contribution >= 4 is 60.4 Å². The van der Waals surface area contributed by atoms with Crippen LogP contribution in [0.4, 0.5) is 11.6 Å². The molecule has 0 saturated carbocycles. The van der Waals surface area contributed by atoms with Crippen LogP contribution < -0.4 is 15.8 Å². The molecule has 1 amide bonds. The molecule has 0 unspecified atom stereocenters. The molecule has 0 bridgehead atoms. The predicted molar refractivity (Wildman–Crippen MR) is 109 cm³/mol. The van der Waals surface area contributed by atoms with Gasteiger partial charge in [-0.1, -0.05) is 15.9 Å². The quantitative estimate of drug-likeness (QED) is 0.555. The maximum Gasteiger partial charge on any atom is 0.349 e. The fourth-order valence-corrected chi connectivity index (χ4v) is 4.37. The highest BCUT2D eigenvalue weighted by Crippen LogP contribution is 2.28. The molecule has 7 nitrogen and oxygen atoms in total. The fraction of sp³-hybridized carbons (Fsp3) is 0.222. The van der Waals surface area contributed by atoms with E-state index in [1.54, 1.807) is 18.2 Å². The monoisotopic (exact) mass is 492 g/mol. The molecule has 0 atom stereocenters. The molecule has 1 fully saturated rings. The van der Waals surface area contributed by atoms with Gasteiger partial charge in [0.05, 0.1) is 4.47 Å². The Morgan fingerprint density at radius 3 is 2.67 bits per heavy atom. The van der Waals surface area contributed by atoms with Gasteiger partial charge in [-0.15, -0.1) is 0 Å². The molecule has 138 valence electrons. The fourth-order valence-electron chi connectivity index (χ4n) is 3.03. The average molecular weight is 494 g/mol. The summed E-state index contributed by atoms with van der Waals surface area (Å²) >= 11 is 6.74. The maximum atomic E-state index is 12.6. The SMILES string of the molecule is O=C(Nc1cc(N2CCCC2)ncn1)c1cc2cc(Br)cc(Br)c2oc1=O. The van der Waals surface area contributed by atoms with Gasteiger partial charge in [0.15, 0.2) is 5.58 Å². The first-order valence-electron chi connectivity index (χ1n) is 8.32. The van der Waals surface area contributed by atoms with Crippen LogP contribution in [0.3, 0.4) is 0 Å². The third kappa shape index (κ3) is 3.74. The van der Waals surface area contributed by atoms with Gasteiger partial charge in [0.2, 0.25) is 0 Å². The molecular weight excluding hydrogens is 480 g/mol.